The van der Waals surface area contributed by atoms with Crippen molar-refractivity contribution in [3.63, 3.8) is 0 Å². The van der Waals surface area contributed by atoms with Crippen molar-refractivity contribution in [2.45, 2.75) is 106 Å². The molecule has 4 aliphatic carbocycles. The maximum Gasteiger partial charge on any atom is 0.330 e. The fourth-order valence-electron chi connectivity index (χ4n) is 8.94. The number of hydrogen-bond acceptors (Lipinski definition) is 4. The molecule has 204 valence electrons. The van der Waals surface area contributed by atoms with E-state index in [1.165, 1.54) is 18.1 Å². The van der Waals surface area contributed by atoms with Crippen LogP contribution >= 0.6 is 0 Å². The first-order valence-corrected chi connectivity index (χ1v) is 14.1. The van der Waals surface area contributed by atoms with Crippen LogP contribution < -0.4 is 0 Å². The van der Waals surface area contributed by atoms with Gasteiger partial charge in [0.15, 0.2) is 0 Å². The number of esters is 1. The molecule has 0 heterocycles. The first-order chi connectivity index (χ1) is 17.1. The normalized spacial score (nSPS) is 39.5. The van der Waals surface area contributed by atoms with Gasteiger partial charge in [-0.05, 0) is 85.2 Å². The van der Waals surface area contributed by atoms with Crippen LogP contribution in [0.3, 0.4) is 0 Å². The minimum absolute atomic E-state index is 0.0601. The Morgan fingerprint density at radius 3 is 2.43 bits per heavy atom. The highest BCUT2D eigenvalue weighted by Gasteiger charge is 2.67. The van der Waals surface area contributed by atoms with Crippen LogP contribution in [0.15, 0.2) is 34.9 Å². The summed E-state index contributed by atoms with van der Waals surface area (Å²) < 4.78 is 6.13. The average molecular weight is 511 g/mol. The standard InChI is InChI=1S/C32H46O5/c1-19(10-9-11-20(2)28(35)36)24-18-27(37-21(3)33)32(8)23-12-13-25-29(4,5)26(34)15-16-30(25,6)22(23)14-17-31(24,32)7/h11-12,14,19,24-25,27H,9-10,13,15-18H2,1-8H3,(H,35,36)/t19-,24-,25?,27+,30-,31-,32-/m0/s1. The van der Waals surface area contributed by atoms with Crippen LogP contribution in [0.4, 0.5) is 0 Å². The third-order valence-corrected chi connectivity index (χ3v) is 11.5. The number of ketones is 1. The molecular weight excluding hydrogens is 464 g/mol. The summed E-state index contributed by atoms with van der Waals surface area (Å²) in [7, 11) is 0. The van der Waals surface area contributed by atoms with E-state index in [0.717, 1.165) is 38.5 Å². The van der Waals surface area contributed by atoms with Crippen molar-refractivity contribution < 1.29 is 24.2 Å². The summed E-state index contributed by atoms with van der Waals surface area (Å²) in [6, 6.07) is 0. The molecule has 0 amide bonds. The second kappa shape index (κ2) is 9.24. The number of hydrogen-bond donors (Lipinski definition) is 1. The molecule has 0 saturated heterocycles. The van der Waals surface area contributed by atoms with Crippen LogP contribution in [0.1, 0.15) is 100 Å². The molecule has 0 aromatic carbocycles. The minimum atomic E-state index is -0.864. The summed E-state index contributed by atoms with van der Waals surface area (Å²) in [6.07, 6.45) is 12.2. The number of carboxylic acid groups (broad SMARTS) is 1. The van der Waals surface area contributed by atoms with E-state index in [1.807, 2.05) is 6.08 Å². The highest BCUT2D eigenvalue weighted by molar-refractivity contribution is 5.86. The maximum atomic E-state index is 12.9. The van der Waals surface area contributed by atoms with E-state index in [0.29, 0.717) is 29.6 Å². The van der Waals surface area contributed by atoms with E-state index in [1.54, 1.807) is 6.92 Å². The summed E-state index contributed by atoms with van der Waals surface area (Å²) in [4.78, 5) is 36.4. The van der Waals surface area contributed by atoms with Crippen molar-refractivity contribution in [3.05, 3.63) is 34.9 Å². The average Bonchev–Trinajstić information content (AvgIpc) is 3.03. The van der Waals surface area contributed by atoms with E-state index in [2.05, 4.69) is 53.7 Å². The lowest BCUT2D eigenvalue weighted by Crippen LogP contribution is -2.55. The van der Waals surface area contributed by atoms with Gasteiger partial charge in [0.2, 0.25) is 0 Å². The first-order valence-electron chi connectivity index (χ1n) is 14.1. The highest BCUT2D eigenvalue weighted by atomic mass is 16.5. The zero-order chi connectivity index (χ0) is 27.6. The fraction of sp³-hybridized carbons (Fsp3) is 0.719. The van der Waals surface area contributed by atoms with Crippen molar-refractivity contribution >= 4 is 17.7 Å². The molecule has 1 unspecified atom stereocenters. The number of fused-ring (bicyclic) bond motifs is 5. The molecule has 4 rings (SSSR count). The third kappa shape index (κ3) is 4.06. The van der Waals surface area contributed by atoms with Crippen LogP contribution in [-0.2, 0) is 19.1 Å². The first kappa shape index (κ1) is 27.9. The molecule has 4 aliphatic rings. The number of allylic oxidation sites excluding steroid dienone is 4. The smallest absolute Gasteiger partial charge is 0.330 e. The van der Waals surface area contributed by atoms with Gasteiger partial charge in [0.05, 0.1) is 0 Å². The van der Waals surface area contributed by atoms with Gasteiger partial charge in [0.25, 0.3) is 0 Å². The van der Waals surface area contributed by atoms with Crippen LogP contribution in [0.25, 0.3) is 0 Å². The highest BCUT2D eigenvalue weighted by Crippen LogP contribution is 2.72. The molecule has 0 aliphatic heterocycles. The van der Waals surface area contributed by atoms with Gasteiger partial charge in [0, 0.05) is 29.7 Å². The molecule has 0 aromatic rings. The van der Waals surface area contributed by atoms with E-state index >= 15 is 0 Å². The van der Waals surface area contributed by atoms with Crippen molar-refractivity contribution in [1.29, 1.82) is 0 Å². The van der Waals surface area contributed by atoms with Crippen molar-refractivity contribution in [3.8, 4) is 0 Å². The number of Topliss-reactive ketones (excluding diaryl/α,β-unsaturated/α-hetero) is 1. The Hall–Kier alpha value is -2.17. The lowest BCUT2D eigenvalue weighted by Gasteiger charge is -2.60. The molecule has 2 fully saturated rings. The number of aliphatic carboxylic acids is 1. The van der Waals surface area contributed by atoms with Gasteiger partial charge in [-0.1, -0.05) is 59.8 Å². The molecule has 1 N–H and O–H groups in total. The molecule has 5 nitrogen and oxygen atoms in total. The van der Waals surface area contributed by atoms with Gasteiger partial charge in [-0.3, -0.25) is 9.59 Å². The maximum absolute atomic E-state index is 12.9. The van der Waals surface area contributed by atoms with Gasteiger partial charge < -0.3 is 9.84 Å². The molecule has 0 radical (unpaired) electrons. The Balaban J connectivity index is 1.73. The summed E-state index contributed by atoms with van der Waals surface area (Å²) >= 11 is 0. The molecule has 37 heavy (non-hydrogen) atoms. The van der Waals surface area contributed by atoms with Gasteiger partial charge in [-0.2, -0.15) is 0 Å². The Morgan fingerprint density at radius 2 is 1.81 bits per heavy atom. The van der Waals surface area contributed by atoms with Crippen LogP contribution in [0.5, 0.6) is 0 Å². The summed E-state index contributed by atoms with van der Waals surface area (Å²) in [5.41, 5.74) is 2.31. The zero-order valence-electron chi connectivity index (χ0n) is 24.1. The number of rotatable bonds is 6. The quantitative estimate of drug-likeness (QED) is 0.305. The van der Waals surface area contributed by atoms with Crippen molar-refractivity contribution in [2.24, 2.45) is 39.4 Å². The predicted molar refractivity (Wildman–Crippen MR) is 145 cm³/mol. The van der Waals surface area contributed by atoms with Gasteiger partial charge >= 0.3 is 11.9 Å². The van der Waals surface area contributed by atoms with Crippen molar-refractivity contribution in [2.75, 3.05) is 0 Å². The monoisotopic (exact) mass is 510 g/mol. The zero-order valence-corrected chi connectivity index (χ0v) is 24.1. The Bertz CT molecular complexity index is 1090. The molecule has 0 bridgehead atoms. The van der Waals surface area contributed by atoms with E-state index in [9.17, 15) is 19.5 Å². The Morgan fingerprint density at radius 1 is 1.14 bits per heavy atom. The topological polar surface area (TPSA) is 80.7 Å². The lowest BCUT2D eigenvalue weighted by molar-refractivity contribution is -0.152. The van der Waals surface area contributed by atoms with E-state index in [-0.39, 0.29) is 39.7 Å². The Kier molecular flexibility index (Phi) is 6.95. The second-order valence-corrected chi connectivity index (χ2v) is 13.6. The summed E-state index contributed by atoms with van der Waals surface area (Å²) in [5, 5.41) is 9.22. The number of ether oxygens (including phenoxy) is 1. The second-order valence-electron chi connectivity index (χ2n) is 13.6. The van der Waals surface area contributed by atoms with Crippen LogP contribution in [0.2, 0.25) is 0 Å². The molecule has 7 atom stereocenters. The number of carboxylic acids is 1. The molecule has 0 spiro atoms. The van der Waals surface area contributed by atoms with E-state index < -0.39 is 5.97 Å². The van der Waals surface area contributed by atoms with Crippen LogP contribution in [-0.4, -0.2) is 28.9 Å². The molecular formula is C32H46O5. The molecule has 2 saturated carbocycles. The molecule has 0 aromatic heterocycles. The van der Waals surface area contributed by atoms with Gasteiger partial charge in [-0.25, -0.2) is 4.79 Å². The predicted octanol–water partition coefficient (Wildman–Crippen LogP) is 7.07. The minimum Gasteiger partial charge on any atom is -0.478 e. The SMILES string of the molecule is CC(=O)O[C@@H]1C[C@@H]([C@@H](C)CCC=C(C)C(=O)O)[C@]2(C)CC=C3C(=CCC4C(C)(C)C(=O)CC[C@@]34C)[C@@]12C. The largest absolute Gasteiger partial charge is 0.478 e. The Labute approximate surface area is 222 Å². The van der Waals surface area contributed by atoms with Crippen molar-refractivity contribution in [1.82, 2.24) is 0 Å². The van der Waals surface area contributed by atoms with E-state index in [4.69, 9.17) is 4.74 Å². The number of carbonyl (C=O) groups excluding carboxylic acids is 2. The third-order valence-electron chi connectivity index (χ3n) is 11.5. The van der Waals surface area contributed by atoms with Gasteiger partial charge in [0.1, 0.15) is 11.9 Å². The fourth-order valence-corrected chi connectivity index (χ4v) is 8.94. The van der Waals surface area contributed by atoms with Gasteiger partial charge in [-0.15, -0.1) is 0 Å². The summed E-state index contributed by atoms with van der Waals surface area (Å²) in [5.74, 6) is 0.251. The number of carbonyl (C=O) groups is 3. The van der Waals surface area contributed by atoms with Crippen LogP contribution in [0, 0.1) is 39.4 Å². The lowest BCUT2D eigenvalue weighted by atomic mass is 9.44. The summed E-state index contributed by atoms with van der Waals surface area (Å²) in [6.45, 7) is 16.8. The molecule has 5 heteroatoms.